The molecule has 0 saturated carbocycles. The average molecular weight is 361 g/mol. The standard InChI is InChI=1S/C11H17NOS2.C5H11NO2/c1-4-8(2)7-10(13)12-15-11-6-5-9(3)14-11;1-5(2,3)8-4(6)7/h5-6,8H,4,7H2,1-3H3,(H,12,13);1-3H3,(H2,6,7). The van der Waals surface area contributed by atoms with Gasteiger partial charge in [0.2, 0.25) is 5.91 Å². The number of rotatable bonds is 5. The van der Waals surface area contributed by atoms with Gasteiger partial charge in [-0.15, -0.1) is 11.3 Å². The summed E-state index contributed by atoms with van der Waals surface area (Å²) in [5.41, 5.74) is 4.26. The van der Waals surface area contributed by atoms with Crippen molar-refractivity contribution in [1.82, 2.24) is 4.72 Å². The summed E-state index contributed by atoms with van der Waals surface area (Å²) < 4.78 is 8.59. The number of nitrogens with two attached hydrogens (primary N) is 1. The first-order chi connectivity index (χ1) is 10.5. The van der Waals surface area contributed by atoms with E-state index >= 15 is 0 Å². The molecule has 132 valence electrons. The predicted octanol–water partition coefficient (Wildman–Crippen LogP) is 4.50. The number of aryl methyl sites for hydroxylation is 1. The van der Waals surface area contributed by atoms with Crippen molar-refractivity contribution < 1.29 is 14.3 Å². The molecule has 5 nitrogen and oxygen atoms in total. The first-order valence-corrected chi connectivity index (χ1v) is 9.17. The van der Waals surface area contributed by atoms with Crippen LogP contribution in [0, 0.1) is 12.8 Å². The van der Waals surface area contributed by atoms with Crippen LogP contribution in [0.25, 0.3) is 0 Å². The summed E-state index contributed by atoms with van der Waals surface area (Å²) in [5.74, 6) is 0.594. The van der Waals surface area contributed by atoms with E-state index in [1.807, 2.05) is 6.07 Å². The first-order valence-electron chi connectivity index (χ1n) is 7.54. The van der Waals surface area contributed by atoms with Crippen LogP contribution in [0.3, 0.4) is 0 Å². The Morgan fingerprint density at radius 2 is 2.00 bits per heavy atom. The molecule has 1 aromatic heterocycles. The fourth-order valence-electron chi connectivity index (χ4n) is 1.38. The van der Waals surface area contributed by atoms with Crippen LogP contribution in [0.15, 0.2) is 16.3 Å². The van der Waals surface area contributed by atoms with Crippen molar-refractivity contribution in [2.24, 2.45) is 11.7 Å². The van der Waals surface area contributed by atoms with Crippen LogP contribution in [0.2, 0.25) is 0 Å². The number of ether oxygens (including phenoxy) is 1. The molecule has 7 heteroatoms. The van der Waals surface area contributed by atoms with Gasteiger partial charge in [0.05, 0.1) is 4.21 Å². The van der Waals surface area contributed by atoms with Crippen molar-refractivity contribution in [2.45, 2.75) is 64.2 Å². The highest BCUT2D eigenvalue weighted by Gasteiger charge is 2.12. The fourth-order valence-corrected chi connectivity index (χ4v) is 3.09. The summed E-state index contributed by atoms with van der Waals surface area (Å²) in [6, 6.07) is 4.10. The smallest absolute Gasteiger partial charge is 0.405 e. The van der Waals surface area contributed by atoms with Gasteiger partial charge in [-0.3, -0.25) is 9.52 Å². The van der Waals surface area contributed by atoms with E-state index in [9.17, 15) is 9.59 Å². The summed E-state index contributed by atoms with van der Waals surface area (Å²) in [6.45, 7) is 11.6. The van der Waals surface area contributed by atoms with E-state index in [4.69, 9.17) is 5.73 Å². The van der Waals surface area contributed by atoms with E-state index in [1.54, 1.807) is 32.1 Å². The molecule has 1 unspecified atom stereocenters. The van der Waals surface area contributed by atoms with Crippen LogP contribution in [0.5, 0.6) is 0 Å². The molecule has 3 N–H and O–H groups in total. The highest BCUT2D eigenvalue weighted by atomic mass is 32.2. The van der Waals surface area contributed by atoms with E-state index in [1.165, 1.54) is 16.8 Å². The Kier molecular flexibility index (Phi) is 9.99. The van der Waals surface area contributed by atoms with Crippen LogP contribution >= 0.6 is 23.3 Å². The molecule has 2 amide bonds. The summed E-state index contributed by atoms with van der Waals surface area (Å²) in [4.78, 5) is 22.8. The maximum atomic E-state index is 11.5. The number of amides is 2. The normalized spacial score (nSPS) is 11.9. The second kappa shape index (κ2) is 10.5. The van der Waals surface area contributed by atoms with Crippen molar-refractivity contribution in [3.63, 3.8) is 0 Å². The molecule has 23 heavy (non-hydrogen) atoms. The van der Waals surface area contributed by atoms with E-state index in [-0.39, 0.29) is 5.91 Å². The van der Waals surface area contributed by atoms with Crippen LogP contribution in [0.1, 0.15) is 52.3 Å². The van der Waals surface area contributed by atoms with Gasteiger partial charge in [0.25, 0.3) is 0 Å². The van der Waals surface area contributed by atoms with Gasteiger partial charge in [-0.2, -0.15) is 0 Å². The highest BCUT2D eigenvalue weighted by Crippen LogP contribution is 2.24. The molecule has 0 aromatic carbocycles. The van der Waals surface area contributed by atoms with Gasteiger partial charge >= 0.3 is 6.09 Å². The van der Waals surface area contributed by atoms with Gasteiger partial charge in [-0.25, -0.2) is 4.79 Å². The molecule has 1 atom stereocenters. The summed E-state index contributed by atoms with van der Waals surface area (Å²) in [5, 5.41) is 0. The average Bonchev–Trinajstić information content (AvgIpc) is 2.80. The van der Waals surface area contributed by atoms with Gasteiger partial charge < -0.3 is 10.5 Å². The first kappa shape index (κ1) is 21.8. The Morgan fingerprint density at radius 1 is 1.39 bits per heavy atom. The molecular weight excluding hydrogens is 332 g/mol. The lowest BCUT2D eigenvalue weighted by Crippen LogP contribution is -2.27. The summed E-state index contributed by atoms with van der Waals surface area (Å²) in [7, 11) is 0. The minimum absolute atomic E-state index is 0.125. The summed E-state index contributed by atoms with van der Waals surface area (Å²) in [6.07, 6.45) is 0.946. The molecule has 0 aliphatic heterocycles. The molecule has 0 spiro atoms. The van der Waals surface area contributed by atoms with Crippen LogP contribution < -0.4 is 10.5 Å². The number of thiophene rings is 1. The zero-order valence-corrected chi connectivity index (χ0v) is 16.4. The Labute approximate surface area is 147 Å². The van der Waals surface area contributed by atoms with Crippen molar-refractivity contribution >= 4 is 35.3 Å². The molecule has 0 aliphatic carbocycles. The topological polar surface area (TPSA) is 81.4 Å². The van der Waals surface area contributed by atoms with Gasteiger partial charge in [-0.05, 0) is 57.7 Å². The molecule has 0 bridgehead atoms. The fraction of sp³-hybridized carbons (Fsp3) is 0.625. The van der Waals surface area contributed by atoms with Crippen molar-refractivity contribution in [3.8, 4) is 0 Å². The van der Waals surface area contributed by atoms with Gasteiger partial charge in [0, 0.05) is 11.3 Å². The minimum atomic E-state index is -0.725. The van der Waals surface area contributed by atoms with Gasteiger partial charge in [0.15, 0.2) is 0 Å². The molecule has 1 aromatic rings. The minimum Gasteiger partial charge on any atom is -0.444 e. The molecular formula is C16H28N2O3S2. The third-order valence-electron chi connectivity index (χ3n) is 2.62. The van der Waals surface area contributed by atoms with Gasteiger partial charge in [0.1, 0.15) is 5.60 Å². The van der Waals surface area contributed by atoms with Gasteiger partial charge in [-0.1, -0.05) is 20.3 Å². The molecule has 0 fully saturated rings. The monoisotopic (exact) mass is 360 g/mol. The summed E-state index contributed by atoms with van der Waals surface area (Å²) >= 11 is 3.12. The van der Waals surface area contributed by atoms with Crippen molar-refractivity contribution in [2.75, 3.05) is 0 Å². The molecule has 1 rings (SSSR count). The van der Waals surface area contributed by atoms with E-state index in [2.05, 4.69) is 36.3 Å². The predicted molar refractivity (Wildman–Crippen MR) is 97.5 cm³/mol. The molecule has 1 heterocycles. The van der Waals surface area contributed by atoms with Crippen LogP contribution in [0.4, 0.5) is 4.79 Å². The van der Waals surface area contributed by atoms with Crippen LogP contribution in [-0.2, 0) is 9.53 Å². The number of carbonyl (C=O) groups is 2. The van der Waals surface area contributed by atoms with E-state index in [0.29, 0.717) is 12.3 Å². The lowest BCUT2D eigenvalue weighted by atomic mass is 10.1. The number of hydrogen-bond acceptors (Lipinski definition) is 5. The lowest BCUT2D eigenvalue weighted by molar-refractivity contribution is -0.120. The van der Waals surface area contributed by atoms with Crippen molar-refractivity contribution in [3.05, 3.63) is 17.0 Å². The second-order valence-electron chi connectivity index (χ2n) is 6.24. The number of carbonyl (C=O) groups excluding carboxylic acids is 2. The molecule has 0 radical (unpaired) electrons. The maximum Gasteiger partial charge on any atom is 0.405 e. The Balaban J connectivity index is 0.000000515. The Hall–Kier alpha value is -1.21. The SMILES string of the molecule is CC(C)(C)OC(N)=O.CCC(C)CC(=O)NSc1ccc(C)s1. The van der Waals surface area contributed by atoms with E-state index in [0.717, 1.165) is 10.6 Å². The number of nitrogens with one attached hydrogen (secondary N) is 1. The zero-order chi connectivity index (χ0) is 18.0. The van der Waals surface area contributed by atoms with E-state index < -0.39 is 11.7 Å². The highest BCUT2D eigenvalue weighted by molar-refractivity contribution is 7.99. The maximum absolute atomic E-state index is 11.5. The van der Waals surface area contributed by atoms with Crippen LogP contribution in [-0.4, -0.2) is 17.6 Å². The third-order valence-corrected chi connectivity index (χ3v) is 4.58. The Bertz CT molecular complexity index is 496. The lowest BCUT2D eigenvalue weighted by Gasteiger charge is -2.16. The molecule has 0 aliphatic rings. The van der Waals surface area contributed by atoms with Crippen molar-refractivity contribution in [1.29, 1.82) is 0 Å². The third kappa shape index (κ3) is 13.0. The quantitative estimate of drug-likeness (QED) is 0.758. The second-order valence-corrected chi connectivity index (χ2v) is 8.64. The number of hydrogen-bond donors (Lipinski definition) is 2. The zero-order valence-electron chi connectivity index (χ0n) is 14.8. The molecule has 0 saturated heterocycles. The largest absolute Gasteiger partial charge is 0.444 e. The number of primary amides is 1. The Morgan fingerprint density at radius 3 is 2.35 bits per heavy atom.